The van der Waals surface area contributed by atoms with Gasteiger partial charge in [-0.2, -0.15) is 0 Å². The van der Waals surface area contributed by atoms with Crippen molar-refractivity contribution in [3.63, 3.8) is 0 Å². The largest absolute Gasteiger partial charge is 0.493 e. The molecule has 2 rings (SSSR count). The molecule has 1 aromatic heterocycles. The Morgan fingerprint density at radius 1 is 1.44 bits per heavy atom. The highest BCUT2D eigenvalue weighted by Crippen LogP contribution is 2.36. The SMILES string of the molecule is COc1cc(C=O)cc(Cl)c1OCc1ccco1. The van der Waals surface area contributed by atoms with Crippen molar-refractivity contribution >= 4 is 17.9 Å². The van der Waals surface area contributed by atoms with Crippen LogP contribution in [0.3, 0.4) is 0 Å². The van der Waals surface area contributed by atoms with Gasteiger partial charge in [-0.15, -0.1) is 0 Å². The molecule has 0 aliphatic heterocycles. The maximum absolute atomic E-state index is 10.7. The molecule has 94 valence electrons. The lowest BCUT2D eigenvalue weighted by Crippen LogP contribution is -1.98. The number of furan rings is 1. The third-order valence-corrected chi connectivity index (χ3v) is 2.61. The number of benzene rings is 1. The molecule has 18 heavy (non-hydrogen) atoms. The van der Waals surface area contributed by atoms with Gasteiger partial charge < -0.3 is 13.9 Å². The van der Waals surface area contributed by atoms with Crippen LogP contribution < -0.4 is 9.47 Å². The van der Waals surface area contributed by atoms with E-state index in [2.05, 4.69) is 0 Å². The summed E-state index contributed by atoms with van der Waals surface area (Å²) in [6, 6.07) is 6.65. The topological polar surface area (TPSA) is 48.7 Å². The quantitative estimate of drug-likeness (QED) is 0.779. The van der Waals surface area contributed by atoms with Gasteiger partial charge in [0, 0.05) is 5.56 Å². The standard InChI is InChI=1S/C13H11ClO4/c1-16-12-6-9(7-15)5-11(14)13(12)18-8-10-3-2-4-17-10/h2-7H,8H2,1H3. The maximum atomic E-state index is 10.7. The second-order valence-electron chi connectivity index (χ2n) is 3.52. The molecule has 0 spiro atoms. The lowest BCUT2D eigenvalue weighted by Gasteiger charge is -2.11. The minimum atomic E-state index is 0.240. The minimum absolute atomic E-state index is 0.240. The fourth-order valence-corrected chi connectivity index (χ4v) is 1.76. The minimum Gasteiger partial charge on any atom is -0.493 e. The van der Waals surface area contributed by atoms with Crippen molar-refractivity contribution < 1.29 is 18.7 Å². The molecule has 1 aromatic carbocycles. The number of hydrogen-bond acceptors (Lipinski definition) is 4. The Bertz CT molecular complexity index is 534. The highest BCUT2D eigenvalue weighted by Gasteiger charge is 2.12. The molecule has 0 radical (unpaired) electrons. The van der Waals surface area contributed by atoms with E-state index in [-0.39, 0.29) is 6.61 Å². The molecule has 4 nitrogen and oxygen atoms in total. The Balaban J connectivity index is 2.23. The molecule has 0 fully saturated rings. The van der Waals surface area contributed by atoms with E-state index < -0.39 is 0 Å². The normalized spacial score (nSPS) is 10.1. The summed E-state index contributed by atoms with van der Waals surface area (Å²) in [5.74, 6) is 1.48. The first kappa shape index (κ1) is 12.5. The second kappa shape index (κ2) is 5.60. The summed E-state index contributed by atoms with van der Waals surface area (Å²) < 4.78 is 15.8. The summed E-state index contributed by atoms with van der Waals surface area (Å²) in [5.41, 5.74) is 0.433. The number of hydrogen-bond donors (Lipinski definition) is 0. The van der Waals surface area contributed by atoms with Crippen LogP contribution in [0, 0.1) is 0 Å². The van der Waals surface area contributed by atoms with E-state index in [1.807, 2.05) is 0 Å². The van der Waals surface area contributed by atoms with Gasteiger partial charge in [0.15, 0.2) is 11.5 Å². The van der Waals surface area contributed by atoms with Crippen LogP contribution in [0.5, 0.6) is 11.5 Å². The van der Waals surface area contributed by atoms with Gasteiger partial charge >= 0.3 is 0 Å². The van der Waals surface area contributed by atoms with Crippen LogP contribution in [0.15, 0.2) is 34.9 Å². The Hall–Kier alpha value is -1.94. The highest BCUT2D eigenvalue weighted by molar-refractivity contribution is 6.32. The van der Waals surface area contributed by atoms with Crippen LogP contribution in [-0.4, -0.2) is 13.4 Å². The van der Waals surface area contributed by atoms with Crippen molar-refractivity contribution in [2.45, 2.75) is 6.61 Å². The molecule has 0 aliphatic rings. The average Bonchev–Trinajstić information content (AvgIpc) is 2.89. The zero-order valence-electron chi connectivity index (χ0n) is 9.68. The molecule has 0 saturated heterocycles. The Kier molecular flexibility index (Phi) is 3.89. The van der Waals surface area contributed by atoms with Crippen molar-refractivity contribution in [3.05, 3.63) is 46.9 Å². The van der Waals surface area contributed by atoms with E-state index in [4.69, 9.17) is 25.5 Å². The fourth-order valence-electron chi connectivity index (χ4n) is 1.49. The smallest absolute Gasteiger partial charge is 0.180 e. The molecule has 0 saturated carbocycles. The van der Waals surface area contributed by atoms with Crippen LogP contribution in [0.4, 0.5) is 0 Å². The lowest BCUT2D eigenvalue weighted by molar-refractivity contribution is 0.112. The molecule has 0 N–H and O–H groups in total. The first-order valence-electron chi connectivity index (χ1n) is 5.22. The first-order valence-corrected chi connectivity index (χ1v) is 5.60. The van der Waals surface area contributed by atoms with E-state index in [9.17, 15) is 4.79 Å². The number of halogens is 1. The van der Waals surface area contributed by atoms with E-state index >= 15 is 0 Å². The maximum Gasteiger partial charge on any atom is 0.180 e. The van der Waals surface area contributed by atoms with Crippen molar-refractivity contribution in [2.75, 3.05) is 7.11 Å². The Labute approximate surface area is 109 Å². The van der Waals surface area contributed by atoms with Crippen LogP contribution in [0.1, 0.15) is 16.1 Å². The van der Waals surface area contributed by atoms with Crippen molar-refractivity contribution in [2.24, 2.45) is 0 Å². The zero-order valence-corrected chi connectivity index (χ0v) is 10.4. The van der Waals surface area contributed by atoms with Crippen molar-refractivity contribution in [3.8, 4) is 11.5 Å². The molecule has 0 bridgehead atoms. The van der Waals surface area contributed by atoms with Crippen LogP contribution >= 0.6 is 11.6 Å². The molecule has 0 unspecified atom stereocenters. The molecule has 1 heterocycles. The summed E-state index contributed by atoms with van der Waals surface area (Å²) >= 11 is 6.04. The molecule has 0 amide bonds. The number of methoxy groups -OCH3 is 1. The third kappa shape index (κ3) is 2.65. The van der Waals surface area contributed by atoms with E-state index in [0.717, 1.165) is 0 Å². The van der Waals surface area contributed by atoms with E-state index in [0.29, 0.717) is 34.1 Å². The van der Waals surface area contributed by atoms with Gasteiger partial charge in [0.25, 0.3) is 0 Å². The number of carbonyl (C=O) groups excluding carboxylic acids is 1. The summed E-state index contributed by atoms with van der Waals surface area (Å²) in [7, 11) is 1.49. The molecule has 0 atom stereocenters. The Morgan fingerprint density at radius 2 is 2.28 bits per heavy atom. The van der Waals surface area contributed by atoms with Gasteiger partial charge in [0.05, 0.1) is 18.4 Å². The number of carbonyl (C=O) groups is 1. The average molecular weight is 267 g/mol. The number of rotatable bonds is 5. The van der Waals surface area contributed by atoms with E-state index in [1.54, 1.807) is 24.5 Å². The summed E-state index contributed by atoms with van der Waals surface area (Å²) in [6.45, 7) is 0.240. The molecule has 0 aliphatic carbocycles. The van der Waals surface area contributed by atoms with Crippen LogP contribution in [-0.2, 0) is 6.61 Å². The van der Waals surface area contributed by atoms with Gasteiger partial charge in [-0.3, -0.25) is 4.79 Å². The summed E-state index contributed by atoms with van der Waals surface area (Å²) in [4.78, 5) is 10.7. The van der Waals surface area contributed by atoms with Crippen molar-refractivity contribution in [1.82, 2.24) is 0 Å². The van der Waals surface area contributed by atoms with Crippen molar-refractivity contribution in [1.29, 1.82) is 0 Å². The van der Waals surface area contributed by atoms with Gasteiger partial charge in [0.2, 0.25) is 0 Å². The molecule has 2 aromatic rings. The van der Waals surface area contributed by atoms with Crippen LogP contribution in [0.25, 0.3) is 0 Å². The number of aldehydes is 1. The first-order chi connectivity index (χ1) is 8.74. The molecule has 5 heteroatoms. The summed E-state index contributed by atoms with van der Waals surface area (Å²) in [6.07, 6.45) is 2.26. The predicted molar refractivity (Wildman–Crippen MR) is 66.4 cm³/mol. The van der Waals surface area contributed by atoms with Gasteiger partial charge in [-0.25, -0.2) is 0 Å². The summed E-state index contributed by atoms with van der Waals surface area (Å²) in [5, 5.41) is 0.322. The number of ether oxygens (including phenoxy) is 2. The predicted octanol–water partition coefficient (Wildman–Crippen LogP) is 3.33. The fraction of sp³-hybridized carbons (Fsp3) is 0.154. The highest BCUT2D eigenvalue weighted by atomic mass is 35.5. The third-order valence-electron chi connectivity index (χ3n) is 2.33. The van der Waals surface area contributed by atoms with Gasteiger partial charge in [-0.05, 0) is 24.3 Å². The lowest BCUT2D eigenvalue weighted by atomic mass is 10.2. The zero-order chi connectivity index (χ0) is 13.0. The second-order valence-corrected chi connectivity index (χ2v) is 3.93. The van der Waals surface area contributed by atoms with Gasteiger partial charge in [-0.1, -0.05) is 11.6 Å². The Morgan fingerprint density at radius 3 is 2.89 bits per heavy atom. The molecular weight excluding hydrogens is 256 g/mol. The van der Waals surface area contributed by atoms with Gasteiger partial charge in [0.1, 0.15) is 18.7 Å². The monoisotopic (exact) mass is 266 g/mol. The van der Waals surface area contributed by atoms with Crippen LogP contribution in [0.2, 0.25) is 5.02 Å². The van der Waals surface area contributed by atoms with E-state index in [1.165, 1.54) is 13.2 Å². The molecular formula is C13H11ClO4.